The summed E-state index contributed by atoms with van der Waals surface area (Å²) in [6.07, 6.45) is 1.46. The lowest BCUT2D eigenvalue weighted by Gasteiger charge is -2.10. The van der Waals surface area contributed by atoms with Crippen molar-refractivity contribution in [3.8, 4) is 22.6 Å². The normalized spacial score (nSPS) is 10.8. The van der Waals surface area contributed by atoms with Crippen molar-refractivity contribution >= 4 is 39.0 Å². The molecule has 4 aromatic rings. The van der Waals surface area contributed by atoms with Gasteiger partial charge in [0.25, 0.3) is 0 Å². The minimum Gasteiger partial charge on any atom is -0.507 e. The van der Waals surface area contributed by atoms with Crippen LogP contribution >= 0.6 is 11.3 Å². The van der Waals surface area contributed by atoms with Gasteiger partial charge in [-0.25, -0.2) is 14.8 Å². The number of phenols is 1. The van der Waals surface area contributed by atoms with Crippen molar-refractivity contribution in [3.05, 3.63) is 59.7 Å². The molecule has 0 atom stereocenters. The van der Waals surface area contributed by atoms with E-state index < -0.39 is 5.97 Å². The number of methoxy groups -OCH3 is 1. The van der Waals surface area contributed by atoms with Crippen LogP contribution in [0.15, 0.2) is 54.2 Å². The van der Waals surface area contributed by atoms with Crippen molar-refractivity contribution in [3.63, 3.8) is 0 Å². The van der Waals surface area contributed by atoms with Gasteiger partial charge in [-0.1, -0.05) is 12.1 Å². The summed E-state index contributed by atoms with van der Waals surface area (Å²) >= 11 is 1.50. The maximum Gasteiger partial charge on any atom is 0.339 e. The predicted molar refractivity (Wildman–Crippen MR) is 108 cm³/mol. The van der Waals surface area contributed by atoms with Crippen LogP contribution in [0.2, 0.25) is 0 Å². The molecule has 140 valence electrons. The van der Waals surface area contributed by atoms with Gasteiger partial charge < -0.3 is 20.3 Å². The average Bonchev–Trinajstić information content (AvgIpc) is 3.14. The fourth-order valence-electron chi connectivity index (χ4n) is 2.87. The van der Waals surface area contributed by atoms with Crippen molar-refractivity contribution in [1.29, 1.82) is 0 Å². The fraction of sp³-hybridized carbons (Fsp3) is 0.0500. The van der Waals surface area contributed by atoms with Crippen LogP contribution in [0.5, 0.6) is 11.5 Å². The van der Waals surface area contributed by atoms with Gasteiger partial charge in [-0.3, -0.25) is 0 Å². The molecule has 0 saturated carbocycles. The summed E-state index contributed by atoms with van der Waals surface area (Å²) in [5.74, 6) is -0.175. The zero-order chi connectivity index (χ0) is 19.7. The molecule has 2 heterocycles. The number of carboxylic acid groups (broad SMARTS) is 1. The van der Waals surface area contributed by atoms with E-state index in [9.17, 15) is 15.0 Å². The quantitative estimate of drug-likeness (QED) is 0.428. The summed E-state index contributed by atoms with van der Waals surface area (Å²) in [4.78, 5) is 20.7. The predicted octanol–water partition coefficient (Wildman–Crippen LogP) is 4.51. The molecule has 0 unspecified atom stereocenters. The number of carboxylic acids is 1. The third kappa shape index (κ3) is 3.21. The highest BCUT2D eigenvalue weighted by Gasteiger charge is 2.15. The molecule has 7 nitrogen and oxygen atoms in total. The first kappa shape index (κ1) is 17.7. The van der Waals surface area contributed by atoms with E-state index in [4.69, 9.17) is 4.74 Å². The molecule has 0 spiro atoms. The van der Waals surface area contributed by atoms with Crippen LogP contribution in [-0.2, 0) is 0 Å². The van der Waals surface area contributed by atoms with Crippen LogP contribution in [0.25, 0.3) is 21.3 Å². The Labute approximate surface area is 163 Å². The van der Waals surface area contributed by atoms with Crippen LogP contribution in [0.4, 0.5) is 11.5 Å². The summed E-state index contributed by atoms with van der Waals surface area (Å²) in [6.45, 7) is 0. The lowest BCUT2D eigenvalue weighted by atomic mass is 10.1. The molecule has 8 heteroatoms. The van der Waals surface area contributed by atoms with E-state index in [1.807, 2.05) is 29.6 Å². The highest BCUT2D eigenvalue weighted by molar-refractivity contribution is 7.17. The first-order valence-electron chi connectivity index (χ1n) is 8.27. The zero-order valence-corrected chi connectivity index (χ0v) is 15.5. The fourth-order valence-corrected chi connectivity index (χ4v) is 3.79. The monoisotopic (exact) mass is 393 g/mol. The van der Waals surface area contributed by atoms with Crippen LogP contribution in [0, 0.1) is 0 Å². The molecule has 0 fully saturated rings. The standard InChI is InChI=1S/C20H15N3O4S/c1-27-13-5-2-11(3-6-13)15-9-28-19-17(15)18(21-10-22-19)23-12-4-7-16(24)14(8-12)20(25)26/h2-10,24H,1H3,(H,25,26)(H,21,22,23). The molecular formula is C20H15N3O4S. The molecule has 0 aliphatic rings. The topological polar surface area (TPSA) is 105 Å². The molecule has 0 aliphatic carbocycles. The Hall–Kier alpha value is -3.65. The second-order valence-corrected chi connectivity index (χ2v) is 6.80. The maximum absolute atomic E-state index is 11.3. The van der Waals surface area contributed by atoms with E-state index >= 15 is 0 Å². The van der Waals surface area contributed by atoms with Gasteiger partial charge in [0.05, 0.1) is 12.5 Å². The van der Waals surface area contributed by atoms with E-state index in [2.05, 4.69) is 15.3 Å². The van der Waals surface area contributed by atoms with Crippen molar-refractivity contribution in [2.75, 3.05) is 12.4 Å². The van der Waals surface area contributed by atoms with Gasteiger partial charge in [0.15, 0.2) is 0 Å². The second-order valence-electron chi connectivity index (χ2n) is 5.94. The van der Waals surface area contributed by atoms with Gasteiger partial charge in [0, 0.05) is 16.6 Å². The summed E-state index contributed by atoms with van der Waals surface area (Å²) in [7, 11) is 1.62. The van der Waals surface area contributed by atoms with Crippen LogP contribution < -0.4 is 10.1 Å². The number of aromatic hydroxyl groups is 1. The van der Waals surface area contributed by atoms with Crippen LogP contribution in [0.3, 0.4) is 0 Å². The zero-order valence-electron chi connectivity index (χ0n) is 14.7. The van der Waals surface area contributed by atoms with E-state index in [0.29, 0.717) is 11.5 Å². The molecule has 0 radical (unpaired) electrons. The van der Waals surface area contributed by atoms with Gasteiger partial charge in [-0.15, -0.1) is 11.3 Å². The minimum absolute atomic E-state index is 0.184. The molecule has 0 bridgehead atoms. The minimum atomic E-state index is -1.21. The first-order valence-corrected chi connectivity index (χ1v) is 9.14. The second kappa shape index (κ2) is 7.16. The number of ether oxygens (including phenoxy) is 1. The van der Waals surface area contributed by atoms with Crippen molar-refractivity contribution in [2.24, 2.45) is 0 Å². The lowest BCUT2D eigenvalue weighted by Crippen LogP contribution is -2.00. The van der Waals surface area contributed by atoms with Gasteiger partial charge in [-0.2, -0.15) is 0 Å². The number of hydrogen-bond donors (Lipinski definition) is 3. The van der Waals surface area contributed by atoms with Gasteiger partial charge in [0.2, 0.25) is 0 Å². The van der Waals surface area contributed by atoms with Crippen molar-refractivity contribution in [1.82, 2.24) is 9.97 Å². The molecular weight excluding hydrogens is 378 g/mol. The molecule has 3 N–H and O–H groups in total. The number of nitrogens with one attached hydrogen (secondary N) is 1. The first-order chi connectivity index (χ1) is 13.6. The number of benzene rings is 2. The molecule has 0 saturated heterocycles. The van der Waals surface area contributed by atoms with Crippen LogP contribution in [0.1, 0.15) is 10.4 Å². The van der Waals surface area contributed by atoms with Gasteiger partial charge in [-0.05, 0) is 35.9 Å². The Kier molecular flexibility index (Phi) is 4.54. The number of carbonyl (C=O) groups is 1. The largest absolute Gasteiger partial charge is 0.507 e. The number of hydrogen-bond acceptors (Lipinski definition) is 7. The average molecular weight is 393 g/mol. The molecule has 0 aliphatic heterocycles. The van der Waals surface area contributed by atoms with E-state index in [-0.39, 0.29) is 11.3 Å². The van der Waals surface area contributed by atoms with Crippen LogP contribution in [-0.4, -0.2) is 33.3 Å². The molecule has 0 amide bonds. The lowest BCUT2D eigenvalue weighted by molar-refractivity contribution is 0.0694. The SMILES string of the molecule is COc1ccc(-c2csc3ncnc(Nc4ccc(O)c(C(=O)O)c4)c23)cc1. The Morgan fingerprint density at radius 1 is 1.14 bits per heavy atom. The summed E-state index contributed by atoms with van der Waals surface area (Å²) in [6, 6.07) is 12.0. The van der Waals surface area contributed by atoms with E-state index in [1.54, 1.807) is 13.2 Å². The highest BCUT2D eigenvalue weighted by atomic mass is 32.1. The summed E-state index contributed by atoms with van der Waals surface area (Å²) < 4.78 is 5.21. The highest BCUT2D eigenvalue weighted by Crippen LogP contribution is 2.38. The van der Waals surface area contributed by atoms with Crippen molar-refractivity contribution in [2.45, 2.75) is 0 Å². The molecule has 2 aromatic carbocycles. The van der Waals surface area contributed by atoms with E-state index in [0.717, 1.165) is 27.1 Å². The molecule has 28 heavy (non-hydrogen) atoms. The van der Waals surface area contributed by atoms with Gasteiger partial charge in [0.1, 0.15) is 34.0 Å². The Morgan fingerprint density at radius 3 is 2.64 bits per heavy atom. The van der Waals surface area contributed by atoms with E-state index in [1.165, 1.54) is 29.8 Å². The number of aromatic carboxylic acids is 1. The summed E-state index contributed by atoms with van der Waals surface area (Å²) in [5.41, 5.74) is 2.27. The maximum atomic E-state index is 11.3. The molecule has 2 aromatic heterocycles. The Morgan fingerprint density at radius 2 is 1.93 bits per heavy atom. The number of anilines is 2. The van der Waals surface area contributed by atoms with Gasteiger partial charge >= 0.3 is 5.97 Å². The number of rotatable bonds is 5. The number of aromatic nitrogens is 2. The third-order valence-electron chi connectivity index (χ3n) is 4.26. The smallest absolute Gasteiger partial charge is 0.339 e. The Bertz CT molecular complexity index is 1170. The third-order valence-corrected chi connectivity index (χ3v) is 5.15. The number of nitrogens with zero attached hydrogens (tertiary/aromatic N) is 2. The number of fused-ring (bicyclic) bond motifs is 1. The number of thiophene rings is 1. The summed E-state index contributed by atoms with van der Waals surface area (Å²) in [5, 5.41) is 24.9. The molecule has 4 rings (SSSR count). The Balaban J connectivity index is 1.79. The van der Waals surface area contributed by atoms with Crippen molar-refractivity contribution < 1.29 is 19.7 Å².